The standard InChI is InChI=1S/C26H23N3O5/c1-32-20-10-9-16-21(24(20)33-2)26(31)29-19-8-4-3-7-15(19)17-12-18(28-22(16)23(17)29)25(30)27-13-14-6-5-11-34-14/h3-4,7-10,12,14H,5-6,11,13H2,1-2H3,(H,27,30)/t14-/m1/s1. The second-order valence-electron chi connectivity index (χ2n) is 8.48. The fraction of sp³-hybridized carbons (Fsp3) is 0.269. The number of benzene rings is 2. The molecule has 1 aliphatic rings. The molecule has 34 heavy (non-hydrogen) atoms. The molecule has 8 nitrogen and oxygen atoms in total. The number of carbonyl (C=O) groups excluding carboxylic acids is 1. The van der Waals surface area contributed by atoms with Gasteiger partial charge in [0, 0.05) is 29.3 Å². The number of carbonyl (C=O) groups is 1. The highest BCUT2D eigenvalue weighted by Crippen LogP contribution is 2.39. The van der Waals surface area contributed by atoms with E-state index in [1.807, 2.05) is 24.3 Å². The molecule has 6 rings (SSSR count). The Balaban J connectivity index is 1.67. The number of pyridine rings is 2. The number of para-hydroxylation sites is 1. The van der Waals surface area contributed by atoms with Crippen molar-refractivity contribution in [3.8, 4) is 11.5 Å². The Labute approximate surface area is 194 Å². The summed E-state index contributed by atoms with van der Waals surface area (Å²) in [6.45, 7) is 1.17. The largest absolute Gasteiger partial charge is 0.493 e. The zero-order valence-corrected chi connectivity index (χ0v) is 18.9. The molecule has 172 valence electrons. The van der Waals surface area contributed by atoms with Crippen molar-refractivity contribution in [3.63, 3.8) is 0 Å². The first kappa shape index (κ1) is 20.7. The van der Waals surface area contributed by atoms with E-state index in [9.17, 15) is 9.59 Å². The number of nitrogens with one attached hydrogen (secondary N) is 1. The van der Waals surface area contributed by atoms with Crippen LogP contribution in [0.2, 0.25) is 0 Å². The summed E-state index contributed by atoms with van der Waals surface area (Å²) in [4.78, 5) is 31.7. The average molecular weight is 457 g/mol. The van der Waals surface area contributed by atoms with Crippen molar-refractivity contribution < 1.29 is 19.0 Å². The lowest BCUT2D eigenvalue weighted by Crippen LogP contribution is -2.32. The van der Waals surface area contributed by atoms with Crippen LogP contribution in [0.1, 0.15) is 23.3 Å². The molecule has 1 atom stereocenters. The van der Waals surface area contributed by atoms with Crippen molar-refractivity contribution in [3.05, 3.63) is 58.5 Å². The molecule has 4 heterocycles. The number of ether oxygens (including phenoxy) is 3. The van der Waals surface area contributed by atoms with Crippen molar-refractivity contribution in [1.82, 2.24) is 14.7 Å². The molecule has 1 saturated heterocycles. The van der Waals surface area contributed by atoms with Gasteiger partial charge in [-0.1, -0.05) is 18.2 Å². The van der Waals surface area contributed by atoms with Crippen LogP contribution in [0.15, 0.2) is 47.3 Å². The molecule has 1 fully saturated rings. The Morgan fingerprint density at radius 1 is 1.15 bits per heavy atom. The number of aromatic nitrogens is 2. The van der Waals surface area contributed by atoms with Crippen molar-refractivity contribution in [2.45, 2.75) is 18.9 Å². The Hall–Kier alpha value is -3.91. The predicted molar refractivity (Wildman–Crippen MR) is 130 cm³/mol. The highest BCUT2D eigenvalue weighted by atomic mass is 16.5. The normalized spacial score (nSPS) is 16.1. The van der Waals surface area contributed by atoms with E-state index < -0.39 is 0 Å². The van der Waals surface area contributed by atoms with Gasteiger partial charge in [0.2, 0.25) is 0 Å². The molecule has 1 N–H and O–H groups in total. The van der Waals surface area contributed by atoms with Crippen LogP contribution in [0, 0.1) is 0 Å². The van der Waals surface area contributed by atoms with Crippen LogP contribution < -0.4 is 20.3 Å². The number of nitrogens with zero attached hydrogens (tertiary/aromatic N) is 2. The van der Waals surface area contributed by atoms with Gasteiger partial charge in [-0.05, 0) is 37.1 Å². The van der Waals surface area contributed by atoms with Gasteiger partial charge >= 0.3 is 0 Å². The maximum Gasteiger partial charge on any atom is 0.270 e. The first-order valence-corrected chi connectivity index (χ1v) is 11.3. The fourth-order valence-electron chi connectivity index (χ4n) is 5.05. The van der Waals surface area contributed by atoms with Crippen molar-refractivity contribution in [1.29, 1.82) is 0 Å². The van der Waals surface area contributed by atoms with Gasteiger partial charge in [0.25, 0.3) is 11.5 Å². The molecule has 8 heteroatoms. The lowest BCUT2D eigenvalue weighted by molar-refractivity contribution is 0.0854. The van der Waals surface area contributed by atoms with Gasteiger partial charge in [-0.3, -0.25) is 14.0 Å². The summed E-state index contributed by atoms with van der Waals surface area (Å²) in [6, 6.07) is 13.0. The van der Waals surface area contributed by atoms with Gasteiger partial charge in [-0.15, -0.1) is 0 Å². The molecule has 1 amide bonds. The second-order valence-corrected chi connectivity index (χ2v) is 8.48. The topological polar surface area (TPSA) is 91.2 Å². The third-order valence-electron chi connectivity index (χ3n) is 6.62. The van der Waals surface area contributed by atoms with E-state index in [1.165, 1.54) is 14.2 Å². The van der Waals surface area contributed by atoms with Gasteiger partial charge in [-0.25, -0.2) is 4.98 Å². The van der Waals surface area contributed by atoms with Crippen molar-refractivity contribution in [2.24, 2.45) is 0 Å². The summed E-state index contributed by atoms with van der Waals surface area (Å²) in [7, 11) is 3.04. The fourth-order valence-corrected chi connectivity index (χ4v) is 5.05. The number of hydrogen-bond donors (Lipinski definition) is 1. The summed E-state index contributed by atoms with van der Waals surface area (Å²) in [5.41, 5.74) is 2.06. The number of methoxy groups -OCH3 is 2. The van der Waals surface area contributed by atoms with E-state index in [4.69, 9.17) is 19.2 Å². The molecule has 1 aliphatic heterocycles. The predicted octanol–water partition coefficient (Wildman–Crippen LogP) is 3.52. The quantitative estimate of drug-likeness (QED) is 0.406. The first-order valence-electron chi connectivity index (χ1n) is 11.3. The van der Waals surface area contributed by atoms with E-state index in [2.05, 4.69) is 5.32 Å². The monoisotopic (exact) mass is 457 g/mol. The van der Waals surface area contributed by atoms with E-state index in [0.29, 0.717) is 45.5 Å². The third kappa shape index (κ3) is 2.92. The van der Waals surface area contributed by atoms with E-state index in [0.717, 1.165) is 35.7 Å². The van der Waals surface area contributed by atoms with Gasteiger partial charge in [0.1, 0.15) is 5.69 Å². The van der Waals surface area contributed by atoms with Crippen molar-refractivity contribution >= 4 is 44.0 Å². The molecular formula is C26H23N3O5. The minimum absolute atomic E-state index is 0.0306. The minimum atomic E-state index is -0.274. The highest BCUT2D eigenvalue weighted by Gasteiger charge is 2.24. The molecule has 3 aromatic heterocycles. The lowest BCUT2D eigenvalue weighted by atomic mass is 10.1. The summed E-state index contributed by atoms with van der Waals surface area (Å²) in [6.07, 6.45) is 1.97. The van der Waals surface area contributed by atoms with Crippen LogP contribution in [0.25, 0.3) is 38.1 Å². The number of hydrogen-bond acceptors (Lipinski definition) is 6. The highest BCUT2D eigenvalue weighted by molar-refractivity contribution is 6.21. The Bertz CT molecular complexity index is 1640. The SMILES string of the molecule is COc1ccc2c(c1OC)c(=O)n1c3ccccc3c3cc(C(=O)NC[C@H]4CCCO4)nc2c31. The maximum absolute atomic E-state index is 13.8. The molecule has 0 spiro atoms. The van der Waals surface area contributed by atoms with Crippen LogP contribution in [0.5, 0.6) is 11.5 Å². The number of rotatable bonds is 5. The third-order valence-corrected chi connectivity index (χ3v) is 6.62. The van der Waals surface area contributed by atoms with Crippen molar-refractivity contribution in [2.75, 3.05) is 27.4 Å². The zero-order valence-electron chi connectivity index (χ0n) is 18.9. The molecule has 0 radical (unpaired) electrons. The molecule has 0 unspecified atom stereocenters. The van der Waals surface area contributed by atoms with Gasteiger partial charge in [0.15, 0.2) is 11.5 Å². The van der Waals surface area contributed by atoms with E-state index >= 15 is 0 Å². The number of fused-ring (bicyclic) bond motifs is 5. The summed E-state index contributed by atoms with van der Waals surface area (Å²) in [5, 5.41) is 5.61. The molecule has 0 bridgehead atoms. The van der Waals surface area contributed by atoms with Crippen LogP contribution in [0.3, 0.4) is 0 Å². The zero-order chi connectivity index (χ0) is 23.4. The van der Waals surface area contributed by atoms with Gasteiger partial charge < -0.3 is 19.5 Å². The van der Waals surface area contributed by atoms with Crippen LogP contribution >= 0.6 is 0 Å². The first-order chi connectivity index (χ1) is 16.6. The van der Waals surface area contributed by atoms with E-state index in [-0.39, 0.29) is 17.6 Å². The molecule has 0 saturated carbocycles. The Morgan fingerprint density at radius 2 is 2.00 bits per heavy atom. The molecule has 5 aromatic rings. The van der Waals surface area contributed by atoms with Gasteiger partial charge in [0.05, 0.1) is 42.3 Å². The molecular weight excluding hydrogens is 434 g/mol. The summed E-state index contributed by atoms with van der Waals surface area (Å²) >= 11 is 0. The van der Waals surface area contributed by atoms with E-state index in [1.54, 1.807) is 22.6 Å². The van der Waals surface area contributed by atoms with Gasteiger partial charge in [-0.2, -0.15) is 0 Å². The van der Waals surface area contributed by atoms with Crippen LogP contribution in [0.4, 0.5) is 0 Å². The molecule has 0 aliphatic carbocycles. The number of amides is 1. The van der Waals surface area contributed by atoms with Crippen LogP contribution in [-0.2, 0) is 4.74 Å². The Kier molecular flexibility index (Phi) is 4.77. The van der Waals surface area contributed by atoms with Crippen LogP contribution in [-0.4, -0.2) is 48.8 Å². The average Bonchev–Trinajstić information content (AvgIpc) is 3.51. The Morgan fingerprint density at radius 3 is 2.76 bits per heavy atom. The summed E-state index contributed by atoms with van der Waals surface area (Å²) < 4.78 is 18.3. The lowest BCUT2D eigenvalue weighted by Gasteiger charge is -2.14. The molecule has 2 aromatic carbocycles. The second kappa shape index (κ2) is 7.85. The minimum Gasteiger partial charge on any atom is -0.493 e. The summed E-state index contributed by atoms with van der Waals surface area (Å²) in [5.74, 6) is 0.525. The smallest absolute Gasteiger partial charge is 0.270 e. The maximum atomic E-state index is 13.8.